The van der Waals surface area contributed by atoms with Gasteiger partial charge in [0.25, 0.3) is 0 Å². The first-order valence-corrected chi connectivity index (χ1v) is 7.17. The van der Waals surface area contributed by atoms with E-state index in [1.54, 1.807) is 0 Å². The van der Waals surface area contributed by atoms with Gasteiger partial charge in [-0.1, -0.05) is 32.8 Å². The van der Waals surface area contributed by atoms with Gasteiger partial charge in [-0.3, -0.25) is 4.90 Å². The second-order valence-corrected chi connectivity index (χ2v) is 6.68. The van der Waals surface area contributed by atoms with E-state index in [1.807, 2.05) is 6.07 Å². The zero-order valence-electron chi connectivity index (χ0n) is 11.6. The molecule has 0 bridgehead atoms. The molecule has 0 radical (unpaired) electrons. The minimum absolute atomic E-state index is 0.464. The summed E-state index contributed by atoms with van der Waals surface area (Å²) in [6, 6.07) is 7.14. The van der Waals surface area contributed by atoms with Crippen LogP contribution in [0.3, 0.4) is 0 Å². The standard InChI is InChI=1S/C16H24N2/c1-16(2)8-4-3-5-15(16)18-10-12-6-7-14(17)9-13(12)11-18/h6-7,9,15H,3-5,8,10-11,17H2,1-2H3. The van der Waals surface area contributed by atoms with Crippen molar-refractivity contribution < 1.29 is 0 Å². The Hall–Kier alpha value is -1.02. The largest absolute Gasteiger partial charge is 0.399 e. The molecule has 1 saturated carbocycles. The number of nitrogen functional groups attached to an aromatic ring is 1. The van der Waals surface area contributed by atoms with Crippen LogP contribution < -0.4 is 5.73 Å². The van der Waals surface area contributed by atoms with E-state index < -0.39 is 0 Å². The molecule has 1 aliphatic carbocycles. The lowest BCUT2D eigenvalue weighted by molar-refractivity contribution is 0.0464. The van der Waals surface area contributed by atoms with Gasteiger partial charge in [-0.25, -0.2) is 0 Å². The molecule has 3 rings (SSSR count). The number of hydrogen-bond acceptors (Lipinski definition) is 2. The lowest BCUT2D eigenvalue weighted by Gasteiger charge is -2.44. The Morgan fingerprint density at radius 1 is 1.17 bits per heavy atom. The molecule has 2 nitrogen and oxygen atoms in total. The molecule has 2 aliphatic rings. The van der Waals surface area contributed by atoms with E-state index in [0.29, 0.717) is 5.41 Å². The molecule has 0 amide bonds. The third-order valence-electron chi connectivity index (χ3n) is 4.87. The van der Waals surface area contributed by atoms with Crippen LogP contribution in [0.15, 0.2) is 18.2 Å². The van der Waals surface area contributed by atoms with E-state index in [-0.39, 0.29) is 0 Å². The minimum atomic E-state index is 0.464. The normalized spacial score (nSPS) is 27.1. The molecule has 1 aromatic rings. The summed E-state index contributed by atoms with van der Waals surface area (Å²) >= 11 is 0. The number of nitrogens with two attached hydrogens (primary N) is 1. The van der Waals surface area contributed by atoms with Crippen molar-refractivity contribution in [2.45, 2.75) is 58.7 Å². The quantitative estimate of drug-likeness (QED) is 0.765. The molecule has 2 heteroatoms. The number of benzene rings is 1. The molecule has 0 saturated heterocycles. The van der Waals surface area contributed by atoms with Gasteiger partial charge in [0.05, 0.1) is 0 Å². The van der Waals surface area contributed by atoms with E-state index in [9.17, 15) is 0 Å². The average Bonchev–Trinajstić information content (AvgIpc) is 2.70. The highest BCUT2D eigenvalue weighted by Crippen LogP contribution is 2.41. The molecule has 2 N–H and O–H groups in total. The smallest absolute Gasteiger partial charge is 0.0317 e. The summed E-state index contributed by atoms with van der Waals surface area (Å²) in [6.45, 7) is 7.08. The SMILES string of the molecule is CC1(C)CCCCC1N1Cc2ccc(N)cc2C1. The fraction of sp³-hybridized carbons (Fsp3) is 0.625. The summed E-state index contributed by atoms with van der Waals surface area (Å²) in [5, 5.41) is 0. The first-order chi connectivity index (χ1) is 8.56. The Bertz CT molecular complexity index is 450. The zero-order valence-corrected chi connectivity index (χ0v) is 11.6. The molecule has 18 heavy (non-hydrogen) atoms. The van der Waals surface area contributed by atoms with Crippen LogP contribution in [0.2, 0.25) is 0 Å². The number of fused-ring (bicyclic) bond motifs is 1. The number of rotatable bonds is 1. The molecule has 1 atom stereocenters. The van der Waals surface area contributed by atoms with Crippen LogP contribution in [0.25, 0.3) is 0 Å². The Morgan fingerprint density at radius 2 is 1.94 bits per heavy atom. The van der Waals surface area contributed by atoms with Gasteiger partial charge < -0.3 is 5.73 Å². The molecule has 0 spiro atoms. The van der Waals surface area contributed by atoms with Gasteiger partial charge in [0.15, 0.2) is 0 Å². The fourth-order valence-electron chi connectivity index (χ4n) is 3.81. The third-order valence-corrected chi connectivity index (χ3v) is 4.87. The van der Waals surface area contributed by atoms with Gasteiger partial charge in [0.1, 0.15) is 0 Å². The Balaban J connectivity index is 1.80. The van der Waals surface area contributed by atoms with Gasteiger partial charge >= 0.3 is 0 Å². The third kappa shape index (κ3) is 2.03. The Morgan fingerprint density at radius 3 is 2.72 bits per heavy atom. The van der Waals surface area contributed by atoms with Gasteiger partial charge in [0, 0.05) is 24.8 Å². The minimum Gasteiger partial charge on any atom is -0.399 e. The lowest BCUT2D eigenvalue weighted by atomic mass is 9.72. The monoisotopic (exact) mass is 244 g/mol. The van der Waals surface area contributed by atoms with Crippen molar-refractivity contribution in [1.29, 1.82) is 0 Å². The topological polar surface area (TPSA) is 29.3 Å². The van der Waals surface area contributed by atoms with Gasteiger partial charge in [-0.2, -0.15) is 0 Å². The van der Waals surface area contributed by atoms with Gasteiger partial charge in [0.2, 0.25) is 0 Å². The molecule has 1 aromatic carbocycles. The predicted octanol–water partition coefficient (Wildman–Crippen LogP) is 3.55. The summed E-state index contributed by atoms with van der Waals surface area (Å²) in [4.78, 5) is 2.67. The maximum Gasteiger partial charge on any atom is 0.0317 e. The van der Waals surface area contributed by atoms with E-state index in [2.05, 4.69) is 30.9 Å². The molecule has 0 aromatic heterocycles. The van der Waals surface area contributed by atoms with Crippen molar-refractivity contribution in [3.05, 3.63) is 29.3 Å². The van der Waals surface area contributed by atoms with Crippen molar-refractivity contribution in [2.24, 2.45) is 5.41 Å². The van der Waals surface area contributed by atoms with E-state index in [1.165, 1.54) is 36.8 Å². The van der Waals surface area contributed by atoms with Crippen molar-refractivity contribution in [2.75, 3.05) is 5.73 Å². The van der Waals surface area contributed by atoms with Gasteiger partial charge in [-0.05, 0) is 41.5 Å². The lowest BCUT2D eigenvalue weighted by Crippen LogP contribution is -2.44. The highest BCUT2D eigenvalue weighted by molar-refractivity contribution is 5.46. The first kappa shape index (κ1) is 12.0. The second kappa shape index (κ2) is 4.27. The van der Waals surface area contributed by atoms with Gasteiger partial charge in [-0.15, -0.1) is 0 Å². The van der Waals surface area contributed by atoms with Crippen LogP contribution in [0, 0.1) is 5.41 Å². The molecule has 1 unspecified atom stereocenters. The summed E-state index contributed by atoms with van der Waals surface area (Å²) in [7, 11) is 0. The van der Waals surface area contributed by atoms with Crippen LogP contribution in [-0.2, 0) is 13.1 Å². The molecule has 1 aliphatic heterocycles. The number of nitrogens with zero attached hydrogens (tertiary/aromatic N) is 1. The summed E-state index contributed by atoms with van der Waals surface area (Å²) < 4.78 is 0. The van der Waals surface area contributed by atoms with Crippen LogP contribution in [0.1, 0.15) is 50.7 Å². The van der Waals surface area contributed by atoms with Crippen molar-refractivity contribution in [1.82, 2.24) is 4.90 Å². The van der Waals surface area contributed by atoms with Crippen molar-refractivity contribution >= 4 is 5.69 Å². The number of anilines is 1. The highest BCUT2D eigenvalue weighted by atomic mass is 15.2. The molecule has 1 heterocycles. The zero-order chi connectivity index (χ0) is 12.8. The van der Waals surface area contributed by atoms with Crippen LogP contribution in [-0.4, -0.2) is 10.9 Å². The molecule has 98 valence electrons. The average molecular weight is 244 g/mol. The van der Waals surface area contributed by atoms with Crippen LogP contribution >= 0.6 is 0 Å². The Labute approximate surface area is 110 Å². The molecular formula is C16H24N2. The highest BCUT2D eigenvalue weighted by Gasteiger charge is 2.38. The summed E-state index contributed by atoms with van der Waals surface area (Å²) in [5.74, 6) is 0. The summed E-state index contributed by atoms with van der Waals surface area (Å²) in [6.07, 6.45) is 5.52. The van der Waals surface area contributed by atoms with E-state index in [0.717, 1.165) is 24.8 Å². The van der Waals surface area contributed by atoms with E-state index in [4.69, 9.17) is 5.73 Å². The van der Waals surface area contributed by atoms with E-state index >= 15 is 0 Å². The van der Waals surface area contributed by atoms with Crippen molar-refractivity contribution in [3.8, 4) is 0 Å². The predicted molar refractivity (Wildman–Crippen MR) is 76.1 cm³/mol. The van der Waals surface area contributed by atoms with Crippen LogP contribution in [0.4, 0.5) is 5.69 Å². The maximum atomic E-state index is 5.89. The van der Waals surface area contributed by atoms with Crippen LogP contribution in [0.5, 0.6) is 0 Å². The van der Waals surface area contributed by atoms with Crippen molar-refractivity contribution in [3.63, 3.8) is 0 Å². The summed E-state index contributed by atoms with van der Waals surface area (Å²) in [5.41, 5.74) is 10.2. The Kier molecular flexibility index (Phi) is 2.86. The fourth-order valence-corrected chi connectivity index (χ4v) is 3.81. The maximum absolute atomic E-state index is 5.89. The number of hydrogen-bond donors (Lipinski definition) is 1. The molecule has 1 fully saturated rings. The molecular weight excluding hydrogens is 220 g/mol. The second-order valence-electron chi connectivity index (χ2n) is 6.68. The first-order valence-electron chi connectivity index (χ1n) is 7.17.